The third-order valence-electron chi connectivity index (χ3n) is 4.30. The molecule has 0 bridgehead atoms. The number of phosphoric ester groups is 1. The van der Waals surface area contributed by atoms with Crippen LogP contribution in [0.25, 0.3) is 0 Å². The summed E-state index contributed by atoms with van der Waals surface area (Å²) in [6.07, 6.45) is 5.72. The van der Waals surface area contributed by atoms with Gasteiger partial charge in [-0.05, 0) is 69.7 Å². The third kappa shape index (κ3) is 9.82. The molecule has 0 amide bonds. The first-order valence-corrected chi connectivity index (χ1v) is 11.8. The molecule has 0 fully saturated rings. The number of para-hydroxylation sites is 1. The maximum absolute atomic E-state index is 10.8. The van der Waals surface area contributed by atoms with Crippen molar-refractivity contribution in [3.05, 3.63) is 52.2 Å². The van der Waals surface area contributed by atoms with E-state index in [1.807, 2.05) is 30.3 Å². The van der Waals surface area contributed by atoms with Gasteiger partial charge in [0.1, 0.15) is 5.75 Å². The zero-order valence-corrected chi connectivity index (χ0v) is 18.0. The first-order chi connectivity index (χ1) is 13.2. The Hall–Kier alpha value is -1.21. The molecule has 0 aliphatic rings. The van der Waals surface area contributed by atoms with Gasteiger partial charge in [0.2, 0.25) is 0 Å². The normalized spacial score (nSPS) is 14.0. The number of aryl methyl sites for hydroxylation is 2. The van der Waals surface area contributed by atoms with E-state index in [9.17, 15) is 4.57 Å². The Bertz CT molecular complexity index is 744. The van der Waals surface area contributed by atoms with Gasteiger partial charge in [-0.3, -0.25) is 4.52 Å². The molecule has 0 radical (unpaired) electrons. The van der Waals surface area contributed by atoms with Crippen molar-refractivity contribution in [3.63, 3.8) is 0 Å². The van der Waals surface area contributed by atoms with Gasteiger partial charge in [0.05, 0.1) is 13.2 Å². The SMILES string of the molecule is CC(N)(CCc1ccc(CCCCCOc2ccccc2)s1)COP(=O)(O)O. The number of benzene rings is 1. The van der Waals surface area contributed by atoms with Crippen LogP contribution in [0.3, 0.4) is 0 Å². The van der Waals surface area contributed by atoms with E-state index in [0.29, 0.717) is 6.42 Å². The van der Waals surface area contributed by atoms with E-state index in [0.717, 1.165) is 44.5 Å². The highest BCUT2D eigenvalue weighted by Crippen LogP contribution is 2.37. The molecule has 8 heteroatoms. The predicted octanol–water partition coefficient (Wildman–Crippen LogP) is 4.30. The molecule has 156 valence electrons. The van der Waals surface area contributed by atoms with Gasteiger partial charge in [0, 0.05) is 15.3 Å². The van der Waals surface area contributed by atoms with Crippen LogP contribution in [0, 0.1) is 0 Å². The highest BCUT2D eigenvalue weighted by molar-refractivity contribution is 7.46. The van der Waals surface area contributed by atoms with Gasteiger partial charge in [0.25, 0.3) is 0 Å². The van der Waals surface area contributed by atoms with Crippen molar-refractivity contribution in [1.29, 1.82) is 0 Å². The monoisotopic (exact) mass is 427 g/mol. The molecule has 0 spiro atoms. The summed E-state index contributed by atoms with van der Waals surface area (Å²) >= 11 is 1.78. The minimum absolute atomic E-state index is 0.166. The molecule has 1 unspecified atom stereocenters. The highest BCUT2D eigenvalue weighted by atomic mass is 32.1. The minimum atomic E-state index is -4.48. The second-order valence-corrected chi connectivity index (χ2v) is 9.75. The lowest BCUT2D eigenvalue weighted by molar-refractivity contribution is 0.154. The topological polar surface area (TPSA) is 102 Å². The van der Waals surface area contributed by atoms with Crippen LogP contribution in [0.1, 0.15) is 42.4 Å². The van der Waals surface area contributed by atoms with Crippen LogP contribution in [0.5, 0.6) is 5.75 Å². The van der Waals surface area contributed by atoms with Crippen molar-refractivity contribution >= 4 is 19.2 Å². The zero-order chi connectivity index (χ0) is 20.5. The molecule has 2 rings (SSSR count). The molecule has 6 nitrogen and oxygen atoms in total. The minimum Gasteiger partial charge on any atom is -0.494 e. The predicted molar refractivity (Wildman–Crippen MR) is 113 cm³/mol. The number of hydrogen-bond donors (Lipinski definition) is 3. The molecule has 0 saturated heterocycles. The Morgan fingerprint density at radius 1 is 1.04 bits per heavy atom. The zero-order valence-electron chi connectivity index (χ0n) is 16.3. The summed E-state index contributed by atoms with van der Waals surface area (Å²) in [5.41, 5.74) is 5.30. The van der Waals surface area contributed by atoms with Crippen LogP contribution < -0.4 is 10.5 Å². The van der Waals surface area contributed by atoms with Crippen molar-refractivity contribution in [2.75, 3.05) is 13.2 Å². The molecule has 4 N–H and O–H groups in total. The van der Waals surface area contributed by atoms with Crippen molar-refractivity contribution in [2.45, 2.75) is 51.0 Å². The van der Waals surface area contributed by atoms with Crippen LogP contribution in [-0.2, 0) is 21.9 Å². The van der Waals surface area contributed by atoms with Crippen molar-refractivity contribution in [1.82, 2.24) is 0 Å². The highest BCUT2D eigenvalue weighted by Gasteiger charge is 2.24. The van der Waals surface area contributed by atoms with E-state index in [2.05, 4.69) is 16.7 Å². The Kier molecular flexibility index (Phi) is 9.15. The first kappa shape index (κ1) is 23.1. The average molecular weight is 428 g/mol. The molecular weight excluding hydrogens is 397 g/mol. The molecule has 1 aromatic heterocycles. The summed E-state index contributed by atoms with van der Waals surface area (Å²) in [6.45, 7) is 2.32. The fraction of sp³-hybridized carbons (Fsp3) is 0.500. The van der Waals surface area contributed by atoms with Gasteiger partial charge in [-0.1, -0.05) is 18.2 Å². The van der Waals surface area contributed by atoms with Crippen LogP contribution in [0.4, 0.5) is 0 Å². The molecule has 0 aliphatic carbocycles. The number of phosphoric acid groups is 1. The maximum atomic E-state index is 10.8. The number of thiophene rings is 1. The van der Waals surface area contributed by atoms with E-state index in [-0.39, 0.29) is 6.61 Å². The van der Waals surface area contributed by atoms with Crippen LogP contribution in [-0.4, -0.2) is 28.5 Å². The molecule has 0 aliphatic heterocycles. The quantitative estimate of drug-likeness (QED) is 0.325. The average Bonchev–Trinajstić information content (AvgIpc) is 3.10. The molecule has 1 aromatic carbocycles. The van der Waals surface area contributed by atoms with Crippen LogP contribution in [0.2, 0.25) is 0 Å². The fourth-order valence-corrected chi connectivity index (χ4v) is 4.21. The van der Waals surface area contributed by atoms with Crippen molar-refractivity contribution in [2.24, 2.45) is 5.73 Å². The summed E-state index contributed by atoms with van der Waals surface area (Å²) in [4.78, 5) is 20.2. The second-order valence-electron chi connectivity index (χ2n) is 7.26. The molecular formula is C20H30NO5PS. The summed E-state index contributed by atoms with van der Waals surface area (Å²) in [6, 6.07) is 14.1. The standard InChI is InChI=1S/C20H30NO5PS/c1-20(21,16-26-27(22,23)24)14-13-19-12-11-18(28-19)10-6-3-7-15-25-17-8-4-2-5-9-17/h2,4-5,8-9,11-12H,3,6-7,10,13-16,21H2,1H3,(H2,22,23,24). The summed E-state index contributed by atoms with van der Waals surface area (Å²) in [5, 5.41) is 0. The lowest BCUT2D eigenvalue weighted by Gasteiger charge is -2.24. The Morgan fingerprint density at radius 2 is 1.71 bits per heavy atom. The van der Waals surface area contributed by atoms with Gasteiger partial charge in [0.15, 0.2) is 0 Å². The van der Waals surface area contributed by atoms with Gasteiger partial charge < -0.3 is 20.3 Å². The summed E-state index contributed by atoms with van der Waals surface area (Å²) in [5.74, 6) is 0.920. The van der Waals surface area contributed by atoms with E-state index < -0.39 is 13.4 Å². The fourth-order valence-electron chi connectivity index (χ4n) is 2.69. The largest absolute Gasteiger partial charge is 0.494 e. The molecule has 1 heterocycles. The van der Waals surface area contributed by atoms with Crippen molar-refractivity contribution < 1.29 is 23.6 Å². The summed E-state index contributed by atoms with van der Waals surface area (Å²) < 4.78 is 21.0. The number of hydrogen-bond acceptors (Lipinski definition) is 5. The Morgan fingerprint density at radius 3 is 2.39 bits per heavy atom. The van der Waals surface area contributed by atoms with E-state index in [1.54, 1.807) is 18.3 Å². The van der Waals surface area contributed by atoms with E-state index in [1.165, 1.54) is 9.75 Å². The smallest absolute Gasteiger partial charge is 0.469 e. The number of nitrogens with two attached hydrogens (primary N) is 1. The van der Waals surface area contributed by atoms with Crippen LogP contribution >= 0.6 is 19.2 Å². The lowest BCUT2D eigenvalue weighted by atomic mass is 9.98. The molecule has 0 saturated carbocycles. The second kappa shape index (κ2) is 11.1. The van der Waals surface area contributed by atoms with Gasteiger partial charge in [-0.25, -0.2) is 4.57 Å². The van der Waals surface area contributed by atoms with Crippen LogP contribution in [0.15, 0.2) is 42.5 Å². The Balaban J connectivity index is 1.60. The van der Waals surface area contributed by atoms with Gasteiger partial charge in [-0.2, -0.15) is 0 Å². The number of ether oxygens (including phenoxy) is 1. The van der Waals surface area contributed by atoms with Crippen molar-refractivity contribution in [3.8, 4) is 5.75 Å². The maximum Gasteiger partial charge on any atom is 0.469 e. The third-order valence-corrected chi connectivity index (χ3v) is 5.97. The van der Waals surface area contributed by atoms with E-state index in [4.69, 9.17) is 20.3 Å². The number of unbranched alkanes of at least 4 members (excludes halogenated alkanes) is 2. The molecule has 2 aromatic rings. The van der Waals surface area contributed by atoms with Gasteiger partial charge in [-0.15, -0.1) is 11.3 Å². The van der Waals surface area contributed by atoms with Gasteiger partial charge >= 0.3 is 7.82 Å². The summed E-state index contributed by atoms with van der Waals surface area (Å²) in [7, 11) is -4.48. The van der Waals surface area contributed by atoms with E-state index >= 15 is 0 Å². The molecule has 28 heavy (non-hydrogen) atoms. The molecule has 1 atom stereocenters. The number of rotatable bonds is 13. The lowest BCUT2D eigenvalue weighted by Crippen LogP contribution is -2.41. The Labute approximate surface area is 170 Å². The first-order valence-electron chi connectivity index (χ1n) is 9.48.